The average molecular weight is 311 g/mol. The van der Waals surface area contributed by atoms with E-state index in [1.165, 1.54) is 7.11 Å². The van der Waals surface area contributed by atoms with Gasteiger partial charge in [-0.2, -0.15) is 0 Å². The third kappa shape index (κ3) is 6.87. The number of ether oxygens (including phenoxy) is 2. The van der Waals surface area contributed by atoms with Gasteiger partial charge < -0.3 is 14.8 Å². The molecule has 0 aliphatic rings. The lowest BCUT2D eigenvalue weighted by atomic mass is 10.2. The Morgan fingerprint density at radius 1 is 1.48 bits per heavy atom. The minimum absolute atomic E-state index is 0.369. The maximum absolute atomic E-state index is 11.4. The molecule has 0 fully saturated rings. The highest BCUT2D eigenvalue weighted by atomic mass is 35.5. The SMILES string of the molecule is COc1ncc(C#CCCNC(=O)OC(C)(C)C)cc1Cl. The van der Waals surface area contributed by atoms with Crippen LogP contribution in [0.25, 0.3) is 0 Å². The molecule has 0 atom stereocenters. The number of hydrogen-bond acceptors (Lipinski definition) is 4. The van der Waals surface area contributed by atoms with Crippen molar-refractivity contribution in [3.63, 3.8) is 0 Å². The summed E-state index contributed by atoms with van der Waals surface area (Å²) in [5.41, 5.74) is 0.194. The zero-order chi connectivity index (χ0) is 15.9. The van der Waals surface area contributed by atoms with Gasteiger partial charge >= 0.3 is 6.09 Å². The zero-order valence-electron chi connectivity index (χ0n) is 12.6. The number of carbonyl (C=O) groups is 1. The summed E-state index contributed by atoms with van der Waals surface area (Å²) in [5.74, 6) is 6.21. The zero-order valence-corrected chi connectivity index (χ0v) is 13.4. The molecule has 1 aromatic rings. The summed E-state index contributed by atoms with van der Waals surface area (Å²) in [7, 11) is 1.50. The Morgan fingerprint density at radius 2 is 2.19 bits per heavy atom. The van der Waals surface area contributed by atoms with Crippen molar-refractivity contribution in [2.75, 3.05) is 13.7 Å². The molecule has 0 bridgehead atoms. The standard InChI is InChI=1S/C15H19ClN2O3/c1-15(2,3)21-14(19)17-8-6-5-7-11-9-12(16)13(20-4)18-10-11/h9-10H,6,8H2,1-4H3,(H,17,19). The molecule has 1 amide bonds. The number of aromatic nitrogens is 1. The Bertz CT molecular complexity index is 556. The van der Waals surface area contributed by atoms with Crippen LogP contribution in [0.4, 0.5) is 4.79 Å². The minimum atomic E-state index is -0.499. The van der Waals surface area contributed by atoms with Crippen LogP contribution in [0, 0.1) is 11.8 Å². The number of nitrogens with one attached hydrogen (secondary N) is 1. The predicted molar refractivity (Wildman–Crippen MR) is 81.5 cm³/mol. The highest BCUT2D eigenvalue weighted by molar-refractivity contribution is 6.31. The number of nitrogens with zero attached hydrogens (tertiary/aromatic N) is 1. The summed E-state index contributed by atoms with van der Waals surface area (Å²) in [4.78, 5) is 15.4. The highest BCUT2D eigenvalue weighted by Gasteiger charge is 2.15. The average Bonchev–Trinajstić information content (AvgIpc) is 2.36. The Balaban J connectivity index is 2.40. The van der Waals surface area contributed by atoms with Crippen molar-refractivity contribution in [2.24, 2.45) is 0 Å². The van der Waals surface area contributed by atoms with Gasteiger partial charge in [-0.05, 0) is 26.8 Å². The van der Waals surface area contributed by atoms with Gasteiger partial charge in [-0.1, -0.05) is 23.4 Å². The van der Waals surface area contributed by atoms with Crippen LogP contribution in [-0.2, 0) is 4.74 Å². The molecule has 0 aliphatic carbocycles. The van der Waals surface area contributed by atoms with E-state index in [0.717, 1.165) is 0 Å². The molecule has 0 aromatic carbocycles. The van der Waals surface area contributed by atoms with Gasteiger partial charge in [0.15, 0.2) is 0 Å². The summed E-state index contributed by atoms with van der Waals surface area (Å²) >= 11 is 5.94. The molecule has 1 aromatic heterocycles. The first kappa shape index (κ1) is 17.1. The molecule has 0 unspecified atom stereocenters. The molecule has 5 nitrogen and oxygen atoms in total. The topological polar surface area (TPSA) is 60.5 Å². The fourth-order valence-corrected chi connectivity index (χ4v) is 1.59. The second kappa shape index (κ2) is 7.75. The maximum Gasteiger partial charge on any atom is 0.407 e. The van der Waals surface area contributed by atoms with Crippen molar-refractivity contribution < 1.29 is 14.3 Å². The molecule has 21 heavy (non-hydrogen) atoms. The van der Waals surface area contributed by atoms with E-state index >= 15 is 0 Å². The van der Waals surface area contributed by atoms with Crippen LogP contribution in [0.1, 0.15) is 32.8 Å². The van der Waals surface area contributed by atoms with E-state index in [1.54, 1.807) is 12.3 Å². The molecule has 0 saturated carbocycles. The number of amides is 1. The van der Waals surface area contributed by atoms with Crippen LogP contribution in [0.3, 0.4) is 0 Å². The number of hydrogen-bond donors (Lipinski definition) is 1. The van der Waals surface area contributed by atoms with Gasteiger partial charge in [0.1, 0.15) is 10.6 Å². The van der Waals surface area contributed by atoms with Gasteiger partial charge in [0.25, 0.3) is 0 Å². The summed E-state index contributed by atoms with van der Waals surface area (Å²) in [5, 5.41) is 3.04. The Morgan fingerprint density at radius 3 is 2.76 bits per heavy atom. The van der Waals surface area contributed by atoms with E-state index in [2.05, 4.69) is 22.1 Å². The van der Waals surface area contributed by atoms with Gasteiger partial charge in [0.2, 0.25) is 5.88 Å². The van der Waals surface area contributed by atoms with Gasteiger partial charge in [-0.25, -0.2) is 9.78 Å². The smallest absolute Gasteiger partial charge is 0.407 e. The first-order valence-corrected chi connectivity index (χ1v) is 6.85. The number of methoxy groups -OCH3 is 1. The summed E-state index contributed by atoms with van der Waals surface area (Å²) in [6.45, 7) is 5.85. The lowest BCUT2D eigenvalue weighted by Crippen LogP contribution is -2.32. The van der Waals surface area contributed by atoms with E-state index < -0.39 is 11.7 Å². The van der Waals surface area contributed by atoms with Crippen molar-refractivity contribution >= 4 is 17.7 Å². The predicted octanol–water partition coefficient (Wildman–Crippen LogP) is 3.01. The molecule has 0 aliphatic heterocycles. The quantitative estimate of drug-likeness (QED) is 0.688. The third-order valence-corrected chi connectivity index (χ3v) is 2.42. The minimum Gasteiger partial charge on any atom is -0.480 e. The third-order valence-electron chi connectivity index (χ3n) is 2.15. The van der Waals surface area contributed by atoms with Gasteiger partial charge in [0.05, 0.1) is 7.11 Å². The van der Waals surface area contributed by atoms with Crippen LogP contribution in [-0.4, -0.2) is 30.3 Å². The van der Waals surface area contributed by atoms with Crippen molar-refractivity contribution in [1.29, 1.82) is 0 Å². The second-order valence-electron chi connectivity index (χ2n) is 5.20. The molecule has 0 saturated heterocycles. The first-order valence-electron chi connectivity index (χ1n) is 6.47. The van der Waals surface area contributed by atoms with Crippen molar-refractivity contribution in [2.45, 2.75) is 32.8 Å². The van der Waals surface area contributed by atoms with Crippen LogP contribution < -0.4 is 10.1 Å². The number of carbonyl (C=O) groups excluding carboxylic acids is 1. The normalized spacial score (nSPS) is 10.3. The van der Waals surface area contributed by atoms with E-state index in [1.807, 2.05) is 20.8 Å². The van der Waals surface area contributed by atoms with Crippen LogP contribution in [0.5, 0.6) is 5.88 Å². The Kier molecular flexibility index (Phi) is 6.32. The monoisotopic (exact) mass is 310 g/mol. The largest absolute Gasteiger partial charge is 0.480 e. The number of halogens is 1. The van der Waals surface area contributed by atoms with Crippen molar-refractivity contribution in [1.82, 2.24) is 10.3 Å². The molecule has 1 rings (SSSR count). The van der Waals surface area contributed by atoms with Gasteiger partial charge in [-0.15, -0.1) is 0 Å². The maximum atomic E-state index is 11.4. The molecule has 0 spiro atoms. The fourth-order valence-electron chi connectivity index (χ4n) is 1.35. The van der Waals surface area contributed by atoms with E-state index in [9.17, 15) is 4.79 Å². The molecule has 0 radical (unpaired) electrons. The van der Waals surface area contributed by atoms with Crippen molar-refractivity contribution in [3.8, 4) is 17.7 Å². The second-order valence-corrected chi connectivity index (χ2v) is 5.60. The summed E-state index contributed by atoms with van der Waals surface area (Å²) in [6, 6.07) is 1.68. The number of pyridine rings is 1. The number of alkyl carbamates (subject to hydrolysis) is 1. The Labute approximate surface area is 130 Å². The van der Waals surface area contributed by atoms with E-state index in [-0.39, 0.29) is 0 Å². The molecular weight excluding hydrogens is 292 g/mol. The molecule has 114 valence electrons. The van der Waals surface area contributed by atoms with E-state index in [0.29, 0.717) is 29.4 Å². The Hall–Kier alpha value is -1.93. The summed E-state index contributed by atoms with van der Waals surface area (Å²) in [6.07, 6.45) is 1.64. The van der Waals surface area contributed by atoms with Crippen LogP contribution >= 0.6 is 11.6 Å². The molecule has 1 N–H and O–H groups in total. The van der Waals surface area contributed by atoms with Gasteiger partial charge in [-0.3, -0.25) is 0 Å². The van der Waals surface area contributed by atoms with E-state index in [4.69, 9.17) is 21.1 Å². The summed E-state index contributed by atoms with van der Waals surface area (Å²) < 4.78 is 10.1. The number of rotatable bonds is 3. The first-order chi connectivity index (χ1) is 9.81. The fraction of sp³-hybridized carbons (Fsp3) is 0.467. The molecular formula is C15H19ClN2O3. The molecule has 6 heteroatoms. The highest BCUT2D eigenvalue weighted by Crippen LogP contribution is 2.21. The van der Waals surface area contributed by atoms with Crippen LogP contribution in [0.2, 0.25) is 5.02 Å². The van der Waals surface area contributed by atoms with Crippen molar-refractivity contribution in [3.05, 3.63) is 22.8 Å². The lowest BCUT2D eigenvalue weighted by Gasteiger charge is -2.19. The lowest BCUT2D eigenvalue weighted by molar-refractivity contribution is 0.0529. The molecule has 1 heterocycles. The van der Waals surface area contributed by atoms with Gasteiger partial charge in [0, 0.05) is 24.7 Å². The van der Waals surface area contributed by atoms with Crippen LogP contribution in [0.15, 0.2) is 12.3 Å².